The Morgan fingerprint density at radius 1 is 1.43 bits per heavy atom. The van der Waals surface area contributed by atoms with Crippen LogP contribution in [0.25, 0.3) is 0 Å². The molecule has 0 aromatic heterocycles. The summed E-state index contributed by atoms with van der Waals surface area (Å²) in [5, 5.41) is 0. The zero-order valence-electron chi connectivity index (χ0n) is 8.53. The van der Waals surface area contributed by atoms with Gasteiger partial charge in [-0.25, -0.2) is 4.72 Å². The minimum Gasteiger partial charge on any atom is -0.202 e. The Balaban J connectivity index is 2.34. The second-order valence-corrected chi connectivity index (χ2v) is 7.18. The maximum atomic E-state index is 11.4. The van der Waals surface area contributed by atoms with Crippen LogP contribution in [0, 0.1) is 5.92 Å². The van der Waals surface area contributed by atoms with Gasteiger partial charge >= 0.3 is 0 Å². The SMILES string of the molecule is CN(C)S(=O)(=O)NCC1CCC(Br)C1. The Kier molecular flexibility index (Phi) is 4.36. The van der Waals surface area contributed by atoms with Gasteiger partial charge in [-0.15, -0.1) is 0 Å². The summed E-state index contributed by atoms with van der Waals surface area (Å²) in [4.78, 5) is 0.566. The summed E-state index contributed by atoms with van der Waals surface area (Å²) in [7, 11) is -0.171. The van der Waals surface area contributed by atoms with Gasteiger partial charge in [-0.1, -0.05) is 15.9 Å². The molecule has 0 aromatic rings. The molecule has 0 amide bonds. The first-order chi connectivity index (χ1) is 6.42. The van der Waals surface area contributed by atoms with Crippen LogP contribution in [0.1, 0.15) is 19.3 Å². The first-order valence-corrected chi connectivity index (χ1v) is 7.08. The van der Waals surface area contributed by atoms with E-state index in [0.29, 0.717) is 17.3 Å². The van der Waals surface area contributed by atoms with Gasteiger partial charge in [0.25, 0.3) is 10.2 Å². The highest BCUT2D eigenvalue weighted by atomic mass is 79.9. The van der Waals surface area contributed by atoms with E-state index in [9.17, 15) is 8.42 Å². The van der Waals surface area contributed by atoms with Crippen molar-refractivity contribution >= 4 is 26.1 Å². The van der Waals surface area contributed by atoms with Gasteiger partial charge in [0, 0.05) is 25.5 Å². The molecule has 14 heavy (non-hydrogen) atoms. The molecule has 0 radical (unpaired) electrons. The lowest BCUT2D eigenvalue weighted by Crippen LogP contribution is -2.38. The first kappa shape index (κ1) is 12.4. The van der Waals surface area contributed by atoms with Crippen LogP contribution in [0.15, 0.2) is 0 Å². The van der Waals surface area contributed by atoms with Gasteiger partial charge in [-0.2, -0.15) is 12.7 Å². The molecule has 1 saturated carbocycles. The van der Waals surface area contributed by atoms with Crippen molar-refractivity contribution in [3.63, 3.8) is 0 Å². The van der Waals surface area contributed by atoms with E-state index in [1.165, 1.54) is 18.4 Å². The maximum Gasteiger partial charge on any atom is 0.278 e. The Morgan fingerprint density at radius 2 is 2.07 bits per heavy atom. The minimum atomic E-state index is -3.24. The summed E-state index contributed by atoms with van der Waals surface area (Å²) in [6, 6.07) is 0. The monoisotopic (exact) mass is 284 g/mol. The number of nitrogens with one attached hydrogen (secondary N) is 1. The van der Waals surface area contributed by atoms with E-state index in [-0.39, 0.29) is 0 Å². The zero-order valence-corrected chi connectivity index (χ0v) is 10.9. The lowest BCUT2D eigenvalue weighted by atomic mass is 10.1. The average molecular weight is 285 g/mol. The average Bonchev–Trinajstić information content (AvgIpc) is 2.48. The molecule has 1 aliphatic carbocycles. The maximum absolute atomic E-state index is 11.4. The second-order valence-electron chi connectivity index (χ2n) is 3.91. The highest BCUT2D eigenvalue weighted by Crippen LogP contribution is 2.30. The molecule has 1 rings (SSSR count). The van der Waals surface area contributed by atoms with E-state index in [1.54, 1.807) is 0 Å². The van der Waals surface area contributed by atoms with Crippen LogP contribution in [-0.2, 0) is 10.2 Å². The summed E-state index contributed by atoms with van der Waals surface area (Å²) >= 11 is 3.54. The van der Waals surface area contributed by atoms with Crippen molar-refractivity contribution in [1.29, 1.82) is 0 Å². The van der Waals surface area contributed by atoms with E-state index < -0.39 is 10.2 Å². The molecule has 2 unspecified atom stereocenters. The number of rotatable bonds is 4. The highest BCUT2D eigenvalue weighted by molar-refractivity contribution is 9.09. The zero-order chi connectivity index (χ0) is 10.8. The standard InChI is InChI=1S/C8H17BrN2O2S/c1-11(2)14(12,13)10-6-7-3-4-8(9)5-7/h7-8,10H,3-6H2,1-2H3. The van der Waals surface area contributed by atoms with E-state index >= 15 is 0 Å². The number of hydrogen-bond acceptors (Lipinski definition) is 2. The fourth-order valence-corrected chi connectivity index (χ4v) is 3.05. The van der Waals surface area contributed by atoms with Crippen LogP contribution >= 0.6 is 15.9 Å². The molecule has 0 spiro atoms. The lowest BCUT2D eigenvalue weighted by Gasteiger charge is -2.15. The second kappa shape index (κ2) is 4.92. The molecular weight excluding hydrogens is 268 g/mol. The third-order valence-electron chi connectivity index (χ3n) is 2.51. The Morgan fingerprint density at radius 3 is 2.50 bits per heavy atom. The molecule has 1 N–H and O–H groups in total. The van der Waals surface area contributed by atoms with Gasteiger partial charge in [0.1, 0.15) is 0 Å². The van der Waals surface area contributed by atoms with E-state index in [1.807, 2.05) is 0 Å². The summed E-state index contributed by atoms with van der Waals surface area (Å²) < 4.78 is 26.5. The predicted octanol–water partition coefficient (Wildman–Crippen LogP) is 0.946. The molecule has 1 aliphatic rings. The number of hydrogen-bond donors (Lipinski definition) is 1. The predicted molar refractivity (Wildman–Crippen MR) is 60.7 cm³/mol. The molecule has 0 heterocycles. The fraction of sp³-hybridized carbons (Fsp3) is 1.00. The van der Waals surface area contributed by atoms with Crippen molar-refractivity contribution in [2.24, 2.45) is 5.92 Å². The topological polar surface area (TPSA) is 49.4 Å². The molecule has 0 aromatic carbocycles. The first-order valence-electron chi connectivity index (χ1n) is 4.73. The summed E-state index contributed by atoms with van der Waals surface area (Å²) in [5.41, 5.74) is 0. The molecule has 4 nitrogen and oxygen atoms in total. The van der Waals surface area contributed by atoms with Gasteiger partial charge in [-0.3, -0.25) is 0 Å². The molecule has 0 bridgehead atoms. The Labute approximate surface area is 94.4 Å². The summed E-state index contributed by atoms with van der Waals surface area (Å²) in [6.07, 6.45) is 3.32. The quantitative estimate of drug-likeness (QED) is 0.782. The number of alkyl halides is 1. The minimum absolute atomic E-state index is 0.481. The van der Waals surface area contributed by atoms with Crippen molar-refractivity contribution in [2.75, 3.05) is 20.6 Å². The van der Waals surface area contributed by atoms with Gasteiger partial charge in [-0.05, 0) is 25.2 Å². The molecule has 0 saturated heterocycles. The molecule has 6 heteroatoms. The van der Waals surface area contributed by atoms with Crippen LogP contribution in [0.5, 0.6) is 0 Å². The van der Waals surface area contributed by atoms with Crippen LogP contribution in [0.4, 0.5) is 0 Å². The van der Waals surface area contributed by atoms with Crippen molar-refractivity contribution in [2.45, 2.75) is 24.1 Å². The third kappa shape index (κ3) is 3.49. The molecule has 1 fully saturated rings. The van der Waals surface area contributed by atoms with E-state index in [0.717, 1.165) is 19.3 Å². The van der Waals surface area contributed by atoms with Gasteiger partial charge in [0.15, 0.2) is 0 Å². The van der Waals surface area contributed by atoms with Gasteiger partial charge < -0.3 is 0 Å². The van der Waals surface area contributed by atoms with Crippen LogP contribution < -0.4 is 4.72 Å². The van der Waals surface area contributed by atoms with Crippen molar-refractivity contribution in [3.05, 3.63) is 0 Å². The number of nitrogens with zero attached hydrogens (tertiary/aromatic N) is 1. The molecule has 2 atom stereocenters. The van der Waals surface area contributed by atoms with Gasteiger partial charge in [0.2, 0.25) is 0 Å². The largest absolute Gasteiger partial charge is 0.278 e. The Hall–Kier alpha value is 0.350. The summed E-state index contributed by atoms with van der Waals surface area (Å²) in [6.45, 7) is 0.558. The fourth-order valence-electron chi connectivity index (χ4n) is 1.55. The highest BCUT2D eigenvalue weighted by Gasteiger charge is 2.24. The van der Waals surface area contributed by atoms with E-state index in [4.69, 9.17) is 0 Å². The molecule has 0 aliphatic heterocycles. The van der Waals surface area contributed by atoms with Crippen molar-refractivity contribution in [1.82, 2.24) is 9.03 Å². The van der Waals surface area contributed by atoms with Gasteiger partial charge in [0.05, 0.1) is 0 Å². The van der Waals surface area contributed by atoms with Crippen molar-refractivity contribution in [3.8, 4) is 0 Å². The number of halogens is 1. The Bertz CT molecular complexity index is 279. The molecule has 84 valence electrons. The van der Waals surface area contributed by atoms with Crippen LogP contribution in [0.3, 0.4) is 0 Å². The summed E-state index contributed by atoms with van der Waals surface area (Å²) in [5.74, 6) is 0.481. The van der Waals surface area contributed by atoms with Crippen molar-refractivity contribution < 1.29 is 8.42 Å². The molecular formula is C8H17BrN2O2S. The normalized spacial score (nSPS) is 28.6. The van der Waals surface area contributed by atoms with Crippen LogP contribution in [0.2, 0.25) is 0 Å². The van der Waals surface area contributed by atoms with E-state index in [2.05, 4.69) is 20.7 Å². The van der Waals surface area contributed by atoms with Crippen LogP contribution in [-0.4, -0.2) is 38.2 Å². The smallest absolute Gasteiger partial charge is 0.202 e. The lowest BCUT2D eigenvalue weighted by molar-refractivity contribution is 0.480. The third-order valence-corrected chi connectivity index (χ3v) is 4.84.